The average molecular weight is 367 g/mol. The number of rotatable bonds is 3. The number of nitrogens with one attached hydrogen (secondary N) is 1. The molecule has 4 aromatic rings. The van der Waals surface area contributed by atoms with Crippen molar-refractivity contribution < 1.29 is 4.79 Å². The van der Waals surface area contributed by atoms with E-state index in [4.69, 9.17) is 0 Å². The van der Waals surface area contributed by atoms with Crippen molar-refractivity contribution in [3.05, 3.63) is 75.0 Å². The zero-order valence-corrected chi connectivity index (χ0v) is 14.9. The first-order valence-electron chi connectivity index (χ1n) is 7.54. The van der Waals surface area contributed by atoms with E-state index in [9.17, 15) is 9.59 Å². The van der Waals surface area contributed by atoms with Crippen molar-refractivity contribution in [3.8, 4) is 10.4 Å². The molecule has 0 unspecified atom stereocenters. The number of thiophene rings is 2. The van der Waals surface area contributed by atoms with Crippen molar-refractivity contribution >= 4 is 38.8 Å². The molecule has 0 radical (unpaired) electrons. The Morgan fingerprint density at radius 3 is 2.68 bits per heavy atom. The molecule has 1 N–H and O–H groups in total. The minimum absolute atomic E-state index is 0.282. The normalized spacial score (nSPS) is 10.9. The summed E-state index contributed by atoms with van der Waals surface area (Å²) in [6.07, 6.45) is 1.35. The van der Waals surface area contributed by atoms with E-state index < -0.39 is 0 Å². The lowest BCUT2D eigenvalue weighted by molar-refractivity contribution is 0.101. The zero-order valence-electron chi connectivity index (χ0n) is 13.2. The molecular weight excluding hydrogens is 354 g/mol. The molecule has 1 aromatic carbocycles. The Labute approximate surface area is 151 Å². The zero-order chi connectivity index (χ0) is 17.4. The number of aryl methyl sites for hydroxylation is 1. The first kappa shape index (κ1) is 15.7. The van der Waals surface area contributed by atoms with Gasteiger partial charge in [0.15, 0.2) is 0 Å². The number of benzene rings is 1. The van der Waals surface area contributed by atoms with E-state index in [0.717, 1.165) is 20.7 Å². The number of nitrogens with zero attached hydrogens (tertiary/aromatic N) is 2. The van der Waals surface area contributed by atoms with Crippen LogP contribution in [0.25, 0.3) is 20.7 Å². The molecule has 124 valence electrons. The molecule has 0 bridgehead atoms. The third kappa shape index (κ3) is 2.88. The predicted molar refractivity (Wildman–Crippen MR) is 102 cm³/mol. The standard InChI is InChI=1S/C18H13N3O2S2/c1-11-4-6-12(7-5-11)16(22)20-21-10-19-17-15(18(21)23)13(9-25-17)14-3-2-8-24-14/h2-10H,1H3,(H,20,22). The highest BCUT2D eigenvalue weighted by Gasteiger charge is 2.15. The minimum atomic E-state index is -0.351. The summed E-state index contributed by atoms with van der Waals surface area (Å²) in [6.45, 7) is 1.95. The quantitative estimate of drug-likeness (QED) is 0.598. The van der Waals surface area contributed by atoms with Crippen LogP contribution in [0, 0.1) is 6.92 Å². The Kier molecular flexibility index (Phi) is 3.95. The first-order chi connectivity index (χ1) is 12.1. The summed E-state index contributed by atoms with van der Waals surface area (Å²) >= 11 is 2.99. The fourth-order valence-electron chi connectivity index (χ4n) is 2.50. The van der Waals surface area contributed by atoms with Gasteiger partial charge in [0.05, 0.1) is 5.39 Å². The highest BCUT2D eigenvalue weighted by molar-refractivity contribution is 7.18. The molecule has 0 saturated carbocycles. The van der Waals surface area contributed by atoms with Crippen molar-refractivity contribution in [2.24, 2.45) is 0 Å². The Hall–Kier alpha value is -2.77. The van der Waals surface area contributed by atoms with Crippen molar-refractivity contribution in [3.63, 3.8) is 0 Å². The molecule has 7 heteroatoms. The summed E-state index contributed by atoms with van der Waals surface area (Å²) in [6, 6.07) is 11.1. The number of amides is 1. The van der Waals surface area contributed by atoms with Crippen LogP contribution in [0.4, 0.5) is 0 Å². The number of carbonyl (C=O) groups is 1. The molecular formula is C18H13N3O2S2. The van der Waals surface area contributed by atoms with Gasteiger partial charge in [0.1, 0.15) is 11.2 Å². The second-order valence-electron chi connectivity index (χ2n) is 5.53. The second-order valence-corrected chi connectivity index (χ2v) is 7.34. The van der Waals surface area contributed by atoms with Crippen LogP contribution < -0.4 is 11.0 Å². The second kappa shape index (κ2) is 6.27. The van der Waals surface area contributed by atoms with Gasteiger partial charge < -0.3 is 0 Å². The number of hydrogen-bond acceptors (Lipinski definition) is 5. The third-order valence-corrected chi connectivity index (χ3v) is 5.61. The van der Waals surface area contributed by atoms with Gasteiger partial charge in [-0.2, -0.15) is 0 Å². The Bertz CT molecular complexity index is 1110. The number of aromatic nitrogens is 2. The molecule has 0 aliphatic rings. The molecule has 0 atom stereocenters. The van der Waals surface area contributed by atoms with Crippen LogP contribution in [0.3, 0.4) is 0 Å². The van der Waals surface area contributed by atoms with Gasteiger partial charge in [0, 0.05) is 21.4 Å². The maximum atomic E-state index is 12.8. The van der Waals surface area contributed by atoms with Crippen LogP contribution in [0.15, 0.2) is 58.3 Å². The van der Waals surface area contributed by atoms with E-state index in [1.807, 2.05) is 41.9 Å². The predicted octanol–water partition coefficient (Wildman–Crippen LogP) is 3.88. The lowest BCUT2D eigenvalue weighted by Gasteiger charge is -2.08. The monoisotopic (exact) mass is 367 g/mol. The number of hydrogen-bond donors (Lipinski definition) is 1. The minimum Gasteiger partial charge on any atom is -0.267 e. The molecule has 0 spiro atoms. The van der Waals surface area contributed by atoms with Crippen LogP contribution in [0.1, 0.15) is 15.9 Å². The molecule has 0 fully saturated rings. The summed E-state index contributed by atoms with van der Waals surface area (Å²) in [7, 11) is 0. The van der Waals surface area contributed by atoms with Gasteiger partial charge in [-0.15, -0.1) is 22.7 Å². The summed E-state index contributed by atoms with van der Waals surface area (Å²) in [5.74, 6) is -0.351. The van der Waals surface area contributed by atoms with Crippen LogP contribution in [0.2, 0.25) is 0 Å². The Morgan fingerprint density at radius 2 is 1.96 bits per heavy atom. The van der Waals surface area contributed by atoms with Gasteiger partial charge in [-0.05, 0) is 30.5 Å². The van der Waals surface area contributed by atoms with Gasteiger partial charge in [-0.1, -0.05) is 23.8 Å². The van der Waals surface area contributed by atoms with E-state index in [-0.39, 0.29) is 11.5 Å². The molecule has 0 aliphatic heterocycles. The van der Waals surface area contributed by atoms with Crippen molar-refractivity contribution in [2.75, 3.05) is 5.43 Å². The fourth-order valence-corrected chi connectivity index (χ4v) is 4.22. The van der Waals surface area contributed by atoms with Gasteiger partial charge in [0.2, 0.25) is 0 Å². The summed E-state index contributed by atoms with van der Waals surface area (Å²) in [5.41, 5.74) is 4.73. The number of fused-ring (bicyclic) bond motifs is 1. The molecule has 25 heavy (non-hydrogen) atoms. The van der Waals surface area contributed by atoms with Crippen LogP contribution >= 0.6 is 22.7 Å². The Balaban J connectivity index is 1.74. The lowest BCUT2D eigenvalue weighted by atomic mass is 10.1. The molecule has 3 aromatic heterocycles. The summed E-state index contributed by atoms with van der Waals surface area (Å²) < 4.78 is 1.15. The first-order valence-corrected chi connectivity index (χ1v) is 9.30. The van der Waals surface area contributed by atoms with E-state index in [0.29, 0.717) is 15.8 Å². The van der Waals surface area contributed by atoms with Gasteiger partial charge in [0.25, 0.3) is 11.5 Å². The molecule has 0 aliphatic carbocycles. The number of carbonyl (C=O) groups excluding carboxylic acids is 1. The van der Waals surface area contributed by atoms with E-state index in [1.165, 1.54) is 17.7 Å². The Morgan fingerprint density at radius 1 is 1.16 bits per heavy atom. The van der Waals surface area contributed by atoms with Crippen molar-refractivity contribution in [1.29, 1.82) is 0 Å². The van der Waals surface area contributed by atoms with Gasteiger partial charge in [-0.3, -0.25) is 15.0 Å². The van der Waals surface area contributed by atoms with E-state index >= 15 is 0 Å². The van der Waals surface area contributed by atoms with Crippen LogP contribution in [-0.4, -0.2) is 15.6 Å². The van der Waals surface area contributed by atoms with Crippen LogP contribution in [-0.2, 0) is 0 Å². The highest BCUT2D eigenvalue weighted by Crippen LogP contribution is 2.33. The molecule has 5 nitrogen and oxygen atoms in total. The maximum absolute atomic E-state index is 12.8. The van der Waals surface area contributed by atoms with Crippen LogP contribution in [0.5, 0.6) is 0 Å². The largest absolute Gasteiger partial charge is 0.281 e. The molecule has 4 rings (SSSR count). The highest BCUT2D eigenvalue weighted by atomic mass is 32.1. The average Bonchev–Trinajstić information content (AvgIpc) is 3.27. The topological polar surface area (TPSA) is 64.0 Å². The smallest absolute Gasteiger partial charge is 0.267 e. The van der Waals surface area contributed by atoms with E-state index in [2.05, 4.69) is 10.4 Å². The summed E-state index contributed by atoms with van der Waals surface area (Å²) in [4.78, 5) is 31.2. The van der Waals surface area contributed by atoms with Crippen molar-refractivity contribution in [1.82, 2.24) is 9.66 Å². The van der Waals surface area contributed by atoms with Gasteiger partial charge in [-0.25, -0.2) is 9.66 Å². The maximum Gasteiger partial charge on any atom is 0.281 e. The molecule has 0 saturated heterocycles. The third-order valence-electron chi connectivity index (χ3n) is 3.82. The van der Waals surface area contributed by atoms with Gasteiger partial charge >= 0.3 is 0 Å². The van der Waals surface area contributed by atoms with Crippen molar-refractivity contribution in [2.45, 2.75) is 6.92 Å². The molecule has 3 heterocycles. The van der Waals surface area contributed by atoms with E-state index in [1.54, 1.807) is 23.5 Å². The lowest BCUT2D eigenvalue weighted by Crippen LogP contribution is -2.33. The SMILES string of the molecule is Cc1ccc(C(=O)Nn2cnc3scc(-c4cccs4)c3c2=O)cc1. The fraction of sp³-hybridized carbons (Fsp3) is 0.0556. The molecule has 1 amide bonds. The summed E-state index contributed by atoms with van der Waals surface area (Å²) in [5, 5.41) is 4.42.